The van der Waals surface area contributed by atoms with E-state index in [1.165, 1.54) is 13.2 Å². The molecule has 156 valence electrons. The number of rotatable bonds is 7. The quantitative estimate of drug-likeness (QED) is 0.397. The van der Waals surface area contributed by atoms with E-state index in [9.17, 15) is 13.2 Å². The molecular formula is C22H22N2O5S. The van der Waals surface area contributed by atoms with Gasteiger partial charge in [-0.1, -0.05) is 48.5 Å². The van der Waals surface area contributed by atoms with E-state index in [1.54, 1.807) is 66.1 Å². The smallest absolute Gasteiger partial charge is 0.265 e. The minimum atomic E-state index is -3.87. The molecule has 0 bridgehead atoms. The second-order valence-corrected chi connectivity index (χ2v) is 8.35. The molecule has 1 atom stereocenters. The maximum absolute atomic E-state index is 12.8. The number of nitrogens with one attached hydrogen (secondary N) is 2. The zero-order chi connectivity index (χ0) is 21.7. The standard InChI is InChI=1S/C22H22N2O5S/c1-15-8-13-20(19(14-15)29-2)30(27,28)24-18-11-9-17(10-12-18)21(22(25)23-26)16-6-4-3-5-7-16/h3-14,21,24,26H,1-2H3,(H,23,25). The number of carbonyl (C=O) groups is 1. The van der Waals surface area contributed by atoms with Crippen LogP contribution in [0.5, 0.6) is 5.75 Å². The van der Waals surface area contributed by atoms with Crippen LogP contribution in [0.15, 0.2) is 77.7 Å². The lowest BCUT2D eigenvalue weighted by atomic mass is 9.90. The Labute approximate surface area is 175 Å². The molecule has 3 aromatic carbocycles. The molecule has 0 saturated carbocycles. The maximum atomic E-state index is 12.8. The number of benzene rings is 3. The van der Waals surface area contributed by atoms with E-state index in [1.807, 2.05) is 13.0 Å². The van der Waals surface area contributed by atoms with E-state index < -0.39 is 21.8 Å². The minimum absolute atomic E-state index is 0.0292. The highest BCUT2D eigenvalue weighted by Gasteiger charge is 2.23. The molecule has 0 spiro atoms. The van der Waals surface area contributed by atoms with Gasteiger partial charge in [-0.2, -0.15) is 0 Å². The Morgan fingerprint density at radius 3 is 2.20 bits per heavy atom. The number of carbonyl (C=O) groups excluding carboxylic acids is 1. The average Bonchev–Trinajstić information content (AvgIpc) is 2.75. The molecule has 0 aliphatic rings. The third kappa shape index (κ3) is 4.61. The highest BCUT2D eigenvalue weighted by atomic mass is 32.2. The molecule has 3 aromatic rings. The van der Waals surface area contributed by atoms with Crippen LogP contribution in [0.4, 0.5) is 5.69 Å². The molecule has 0 saturated heterocycles. The first kappa shape index (κ1) is 21.4. The van der Waals surface area contributed by atoms with Gasteiger partial charge < -0.3 is 4.74 Å². The molecule has 1 unspecified atom stereocenters. The molecule has 3 rings (SSSR count). The lowest BCUT2D eigenvalue weighted by Gasteiger charge is -2.17. The number of anilines is 1. The van der Waals surface area contributed by atoms with E-state index >= 15 is 0 Å². The topological polar surface area (TPSA) is 105 Å². The predicted octanol–water partition coefficient (Wildman–Crippen LogP) is 3.44. The number of hydroxylamine groups is 1. The number of hydrogen-bond acceptors (Lipinski definition) is 5. The molecule has 3 N–H and O–H groups in total. The van der Waals surface area contributed by atoms with Crippen LogP contribution in [-0.2, 0) is 14.8 Å². The Bertz CT molecular complexity index is 1130. The van der Waals surface area contributed by atoms with Crippen LogP contribution in [-0.4, -0.2) is 26.6 Å². The average molecular weight is 426 g/mol. The van der Waals surface area contributed by atoms with Crippen molar-refractivity contribution in [2.75, 3.05) is 11.8 Å². The Morgan fingerprint density at radius 1 is 0.967 bits per heavy atom. The summed E-state index contributed by atoms with van der Waals surface area (Å²) in [5, 5.41) is 9.13. The molecule has 0 aliphatic carbocycles. The first-order valence-corrected chi connectivity index (χ1v) is 10.6. The molecule has 0 aliphatic heterocycles. The van der Waals surface area contributed by atoms with Crippen LogP contribution < -0.4 is 14.9 Å². The van der Waals surface area contributed by atoms with Crippen LogP contribution in [0, 0.1) is 6.92 Å². The third-order valence-corrected chi connectivity index (χ3v) is 6.03. The lowest BCUT2D eigenvalue weighted by molar-refractivity contribution is -0.129. The predicted molar refractivity (Wildman–Crippen MR) is 113 cm³/mol. The van der Waals surface area contributed by atoms with Crippen LogP contribution >= 0.6 is 0 Å². The summed E-state index contributed by atoms with van der Waals surface area (Å²) in [6, 6.07) is 20.2. The van der Waals surface area contributed by atoms with Crippen molar-refractivity contribution < 1.29 is 23.2 Å². The first-order chi connectivity index (χ1) is 14.4. The van der Waals surface area contributed by atoms with Crippen molar-refractivity contribution in [1.82, 2.24) is 5.48 Å². The molecule has 1 amide bonds. The summed E-state index contributed by atoms with van der Waals surface area (Å²) in [5.74, 6) is -1.07. The summed E-state index contributed by atoms with van der Waals surface area (Å²) in [6.07, 6.45) is 0. The fraction of sp³-hybridized carbons (Fsp3) is 0.136. The van der Waals surface area contributed by atoms with E-state index in [2.05, 4.69) is 4.72 Å². The second-order valence-electron chi connectivity index (χ2n) is 6.70. The van der Waals surface area contributed by atoms with Gasteiger partial charge in [0, 0.05) is 5.69 Å². The number of aryl methyl sites for hydroxylation is 1. The van der Waals surface area contributed by atoms with Crippen molar-refractivity contribution in [2.45, 2.75) is 17.7 Å². The largest absolute Gasteiger partial charge is 0.495 e. The molecule has 0 fully saturated rings. The van der Waals surface area contributed by atoms with Gasteiger partial charge in [0.25, 0.3) is 15.9 Å². The fourth-order valence-electron chi connectivity index (χ4n) is 3.16. The van der Waals surface area contributed by atoms with E-state index in [0.717, 1.165) is 5.56 Å². The Balaban J connectivity index is 1.89. The van der Waals surface area contributed by atoms with Crippen molar-refractivity contribution in [3.05, 3.63) is 89.5 Å². The van der Waals surface area contributed by atoms with Gasteiger partial charge in [-0.25, -0.2) is 13.9 Å². The van der Waals surface area contributed by atoms with Gasteiger partial charge in [0.05, 0.1) is 13.0 Å². The zero-order valence-corrected chi connectivity index (χ0v) is 17.3. The van der Waals surface area contributed by atoms with Crippen LogP contribution in [0.25, 0.3) is 0 Å². The lowest BCUT2D eigenvalue weighted by Crippen LogP contribution is -2.27. The van der Waals surface area contributed by atoms with Crippen molar-refractivity contribution in [2.24, 2.45) is 0 Å². The zero-order valence-electron chi connectivity index (χ0n) is 16.5. The summed E-state index contributed by atoms with van der Waals surface area (Å²) in [7, 11) is -2.46. The molecule has 0 aromatic heterocycles. The number of methoxy groups -OCH3 is 1. The second kappa shape index (κ2) is 8.98. The Morgan fingerprint density at radius 2 is 1.60 bits per heavy atom. The SMILES string of the molecule is COc1cc(C)ccc1S(=O)(=O)Nc1ccc(C(C(=O)NO)c2ccccc2)cc1. The van der Waals surface area contributed by atoms with Crippen molar-refractivity contribution in [1.29, 1.82) is 0 Å². The van der Waals surface area contributed by atoms with Crippen molar-refractivity contribution >= 4 is 21.6 Å². The van der Waals surface area contributed by atoms with E-state index in [-0.39, 0.29) is 10.6 Å². The molecule has 0 heterocycles. The van der Waals surface area contributed by atoms with Gasteiger partial charge in [-0.05, 0) is 47.9 Å². The van der Waals surface area contributed by atoms with Crippen molar-refractivity contribution in [3.8, 4) is 5.75 Å². The normalized spacial score (nSPS) is 12.1. The van der Waals surface area contributed by atoms with Gasteiger partial charge >= 0.3 is 0 Å². The summed E-state index contributed by atoms with van der Waals surface area (Å²) in [4.78, 5) is 12.3. The highest BCUT2D eigenvalue weighted by molar-refractivity contribution is 7.92. The number of ether oxygens (including phenoxy) is 1. The summed E-state index contributed by atoms with van der Waals surface area (Å²) in [5.41, 5.74) is 4.20. The fourth-order valence-corrected chi connectivity index (χ4v) is 4.37. The monoisotopic (exact) mass is 426 g/mol. The van der Waals surface area contributed by atoms with Gasteiger partial charge in [0.15, 0.2) is 0 Å². The van der Waals surface area contributed by atoms with E-state index in [4.69, 9.17) is 9.94 Å². The van der Waals surface area contributed by atoms with Gasteiger partial charge in [-0.3, -0.25) is 14.7 Å². The molecule has 30 heavy (non-hydrogen) atoms. The maximum Gasteiger partial charge on any atom is 0.265 e. The Hall–Kier alpha value is -3.36. The van der Waals surface area contributed by atoms with Gasteiger partial charge in [0.2, 0.25) is 0 Å². The summed E-state index contributed by atoms with van der Waals surface area (Å²) in [6.45, 7) is 1.84. The number of sulfonamides is 1. The summed E-state index contributed by atoms with van der Waals surface area (Å²) >= 11 is 0. The van der Waals surface area contributed by atoms with Crippen molar-refractivity contribution in [3.63, 3.8) is 0 Å². The van der Waals surface area contributed by atoms with Crippen LogP contribution in [0.3, 0.4) is 0 Å². The minimum Gasteiger partial charge on any atom is -0.495 e. The first-order valence-electron chi connectivity index (χ1n) is 9.12. The molecule has 0 radical (unpaired) electrons. The van der Waals surface area contributed by atoms with Crippen LogP contribution in [0.2, 0.25) is 0 Å². The summed E-state index contributed by atoms with van der Waals surface area (Å²) < 4.78 is 33.3. The number of hydrogen-bond donors (Lipinski definition) is 3. The number of amides is 1. The van der Waals surface area contributed by atoms with Gasteiger partial charge in [0.1, 0.15) is 10.6 Å². The van der Waals surface area contributed by atoms with Crippen LogP contribution in [0.1, 0.15) is 22.6 Å². The van der Waals surface area contributed by atoms with Gasteiger partial charge in [-0.15, -0.1) is 0 Å². The molecule has 8 heteroatoms. The Kier molecular flexibility index (Phi) is 6.39. The molecule has 7 nitrogen and oxygen atoms in total. The molecular weight excluding hydrogens is 404 g/mol. The third-order valence-electron chi connectivity index (χ3n) is 4.61. The highest BCUT2D eigenvalue weighted by Crippen LogP contribution is 2.29. The van der Waals surface area contributed by atoms with E-state index in [0.29, 0.717) is 16.8 Å².